The Morgan fingerprint density at radius 2 is 2.00 bits per heavy atom. The van der Waals surface area contributed by atoms with Crippen LogP contribution in [0.2, 0.25) is 5.02 Å². The lowest BCUT2D eigenvalue weighted by atomic mass is 9.97. The zero-order valence-electron chi connectivity index (χ0n) is 10.4. The minimum absolute atomic E-state index is 0.0495. The van der Waals surface area contributed by atoms with Gasteiger partial charge in [-0.1, -0.05) is 32.4 Å². The monoisotopic (exact) mass is 276 g/mol. The van der Waals surface area contributed by atoms with Gasteiger partial charge in [0.25, 0.3) is 0 Å². The average molecular weight is 277 g/mol. The molecule has 0 saturated carbocycles. The van der Waals surface area contributed by atoms with Crippen molar-refractivity contribution in [1.82, 2.24) is 9.29 Å². The maximum Gasteiger partial charge on any atom is 0.245 e. The lowest BCUT2D eigenvalue weighted by Gasteiger charge is -2.26. The van der Waals surface area contributed by atoms with Crippen LogP contribution in [0.5, 0.6) is 0 Å². The van der Waals surface area contributed by atoms with Crippen molar-refractivity contribution in [3.05, 3.63) is 23.5 Å². The maximum absolute atomic E-state index is 12.2. The summed E-state index contributed by atoms with van der Waals surface area (Å²) in [7, 11) is -2.02. The molecule has 0 saturated heterocycles. The highest BCUT2D eigenvalue weighted by molar-refractivity contribution is 7.89. The van der Waals surface area contributed by atoms with Crippen LogP contribution in [0.1, 0.15) is 20.8 Å². The summed E-state index contributed by atoms with van der Waals surface area (Å²) in [6, 6.07) is 1.47. The highest BCUT2D eigenvalue weighted by atomic mass is 35.5. The molecule has 0 aliphatic rings. The SMILES string of the molecule is CN(CC(C)(C)C)S(=O)(=O)c1cnccc1Cl. The molecule has 0 atom stereocenters. The van der Waals surface area contributed by atoms with E-state index in [-0.39, 0.29) is 15.3 Å². The van der Waals surface area contributed by atoms with Crippen molar-refractivity contribution in [3.63, 3.8) is 0 Å². The van der Waals surface area contributed by atoms with Gasteiger partial charge in [-0.05, 0) is 11.5 Å². The van der Waals surface area contributed by atoms with Gasteiger partial charge in [0.05, 0.1) is 5.02 Å². The largest absolute Gasteiger partial charge is 0.263 e. The lowest BCUT2D eigenvalue weighted by molar-refractivity contribution is 0.310. The number of rotatable bonds is 3. The third kappa shape index (κ3) is 3.66. The van der Waals surface area contributed by atoms with Crippen molar-refractivity contribution in [2.24, 2.45) is 5.41 Å². The summed E-state index contributed by atoms with van der Waals surface area (Å²) >= 11 is 5.88. The van der Waals surface area contributed by atoms with E-state index in [1.54, 1.807) is 7.05 Å². The molecule has 0 aromatic carbocycles. The van der Waals surface area contributed by atoms with Gasteiger partial charge in [0, 0.05) is 26.0 Å². The van der Waals surface area contributed by atoms with E-state index >= 15 is 0 Å². The zero-order valence-corrected chi connectivity index (χ0v) is 12.0. The molecule has 0 aliphatic heterocycles. The zero-order chi connectivity index (χ0) is 13.3. The van der Waals surface area contributed by atoms with E-state index in [9.17, 15) is 8.42 Å². The normalized spacial score (nSPS) is 13.1. The summed E-state index contributed by atoms with van der Waals surface area (Å²) in [6.07, 6.45) is 2.74. The van der Waals surface area contributed by atoms with E-state index in [1.165, 1.54) is 22.8 Å². The van der Waals surface area contributed by atoms with Gasteiger partial charge in [-0.15, -0.1) is 0 Å². The molecule has 0 unspecified atom stereocenters. The third-order valence-electron chi connectivity index (χ3n) is 2.12. The van der Waals surface area contributed by atoms with Gasteiger partial charge in [-0.3, -0.25) is 4.98 Å². The van der Waals surface area contributed by atoms with Crippen LogP contribution in [-0.2, 0) is 10.0 Å². The number of sulfonamides is 1. The molecule has 1 rings (SSSR count). The molecule has 0 aliphatic carbocycles. The summed E-state index contributed by atoms with van der Waals surface area (Å²) < 4.78 is 25.8. The summed E-state index contributed by atoms with van der Waals surface area (Å²) in [5, 5.41) is 0.195. The highest BCUT2D eigenvalue weighted by Crippen LogP contribution is 2.25. The number of hydrogen-bond donors (Lipinski definition) is 0. The van der Waals surface area contributed by atoms with Crippen LogP contribution in [0.15, 0.2) is 23.4 Å². The Morgan fingerprint density at radius 1 is 1.41 bits per heavy atom. The molecule has 17 heavy (non-hydrogen) atoms. The second-order valence-electron chi connectivity index (χ2n) is 5.13. The summed E-state index contributed by atoms with van der Waals surface area (Å²) in [4.78, 5) is 3.85. The first-order chi connectivity index (χ1) is 7.64. The van der Waals surface area contributed by atoms with Crippen LogP contribution in [-0.4, -0.2) is 31.3 Å². The topological polar surface area (TPSA) is 50.3 Å². The van der Waals surface area contributed by atoms with Crippen LogP contribution in [0.3, 0.4) is 0 Å². The molecule has 0 spiro atoms. The Balaban J connectivity index is 3.09. The summed E-state index contributed by atoms with van der Waals surface area (Å²) in [5.74, 6) is 0. The maximum atomic E-state index is 12.2. The number of nitrogens with zero attached hydrogens (tertiary/aromatic N) is 2. The van der Waals surface area contributed by atoms with Gasteiger partial charge in [-0.25, -0.2) is 12.7 Å². The lowest BCUT2D eigenvalue weighted by Crippen LogP contribution is -2.34. The molecule has 1 aromatic heterocycles. The molecule has 1 aromatic rings. The Labute approximate surface area is 108 Å². The van der Waals surface area contributed by atoms with Gasteiger partial charge in [-0.2, -0.15) is 0 Å². The molecular weight excluding hydrogens is 260 g/mol. The van der Waals surface area contributed by atoms with Gasteiger partial charge >= 0.3 is 0 Å². The molecule has 0 amide bonds. The standard InChI is InChI=1S/C11H17ClN2O2S/c1-11(2,3)8-14(4)17(15,16)10-7-13-6-5-9(10)12/h5-7H,8H2,1-4H3. The van der Waals surface area contributed by atoms with Gasteiger partial charge < -0.3 is 0 Å². The smallest absolute Gasteiger partial charge is 0.245 e. The quantitative estimate of drug-likeness (QED) is 0.852. The van der Waals surface area contributed by atoms with Crippen molar-refractivity contribution >= 4 is 21.6 Å². The van der Waals surface area contributed by atoms with Crippen molar-refractivity contribution < 1.29 is 8.42 Å². The van der Waals surface area contributed by atoms with E-state index in [2.05, 4.69) is 4.98 Å². The Morgan fingerprint density at radius 3 is 2.47 bits per heavy atom. The third-order valence-corrected chi connectivity index (χ3v) is 4.39. The predicted molar refractivity (Wildman–Crippen MR) is 68.5 cm³/mol. The van der Waals surface area contributed by atoms with Gasteiger partial charge in [0.1, 0.15) is 4.90 Å². The van der Waals surface area contributed by atoms with Gasteiger partial charge in [0.2, 0.25) is 10.0 Å². The second kappa shape index (κ2) is 4.92. The number of pyridine rings is 1. The van der Waals surface area contributed by atoms with Crippen molar-refractivity contribution in [1.29, 1.82) is 0 Å². The minimum Gasteiger partial charge on any atom is -0.263 e. The molecule has 0 radical (unpaired) electrons. The first-order valence-electron chi connectivity index (χ1n) is 5.20. The summed E-state index contributed by atoms with van der Waals surface area (Å²) in [5.41, 5.74) is -0.115. The van der Waals surface area contributed by atoms with Crippen LogP contribution in [0.25, 0.3) is 0 Å². The van der Waals surface area contributed by atoms with Crippen LogP contribution >= 0.6 is 11.6 Å². The van der Waals surface area contributed by atoms with E-state index < -0.39 is 10.0 Å². The average Bonchev–Trinajstić information content (AvgIpc) is 2.15. The molecule has 6 heteroatoms. The van der Waals surface area contributed by atoms with E-state index in [0.717, 1.165) is 0 Å². The Kier molecular flexibility index (Phi) is 4.17. The molecular formula is C11H17ClN2O2S. The van der Waals surface area contributed by atoms with Crippen LogP contribution in [0.4, 0.5) is 0 Å². The fraction of sp³-hybridized carbons (Fsp3) is 0.545. The first kappa shape index (κ1) is 14.4. The fourth-order valence-corrected chi connectivity index (χ4v) is 3.27. The van der Waals surface area contributed by atoms with Crippen LogP contribution < -0.4 is 0 Å². The Hall–Kier alpha value is -0.650. The molecule has 0 bridgehead atoms. The molecule has 1 heterocycles. The predicted octanol–water partition coefficient (Wildman–Crippen LogP) is 2.40. The highest BCUT2D eigenvalue weighted by Gasteiger charge is 2.27. The van der Waals surface area contributed by atoms with Crippen molar-refractivity contribution in [2.45, 2.75) is 25.7 Å². The fourth-order valence-electron chi connectivity index (χ4n) is 1.47. The van der Waals surface area contributed by atoms with E-state index in [0.29, 0.717) is 6.54 Å². The Bertz CT molecular complexity index is 494. The summed E-state index contributed by atoms with van der Waals surface area (Å²) in [6.45, 7) is 6.35. The van der Waals surface area contributed by atoms with Gasteiger partial charge in [0.15, 0.2) is 0 Å². The van der Waals surface area contributed by atoms with Crippen molar-refractivity contribution in [2.75, 3.05) is 13.6 Å². The van der Waals surface area contributed by atoms with E-state index in [4.69, 9.17) is 11.6 Å². The number of hydrogen-bond acceptors (Lipinski definition) is 3. The minimum atomic E-state index is -3.56. The number of halogens is 1. The second-order valence-corrected chi connectivity index (χ2v) is 7.55. The molecule has 0 fully saturated rings. The van der Waals surface area contributed by atoms with E-state index in [1.807, 2.05) is 20.8 Å². The number of aromatic nitrogens is 1. The molecule has 96 valence electrons. The van der Waals surface area contributed by atoms with Crippen LogP contribution in [0, 0.1) is 5.41 Å². The molecule has 0 N–H and O–H groups in total. The molecule has 4 nitrogen and oxygen atoms in total. The van der Waals surface area contributed by atoms with Crippen molar-refractivity contribution in [3.8, 4) is 0 Å². The first-order valence-corrected chi connectivity index (χ1v) is 7.02.